The monoisotopic (exact) mass is 1160 g/mol. The van der Waals surface area contributed by atoms with Crippen LogP contribution in [0.15, 0.2) is 36.4 Å². The van der Waals surface area contributed by atoms with Gasteiger partial charge in [-0.3, -0.25) is 0 Å². The van der Waals surface area contributed by atoms with E-state index in [1.165, 1.54) is 25.7 Å². The summed E-state index contributed by atoms with van der Waals surface area (Å²) in [6, 6.07) is 10.9. The molecule has 13 heteroatoms. The van der Waals surface area contributed by atoms with Crippen LogP contribution in [0.25, 0.3) is 0 Å². The van der Waals surface area contributed by atoms with E-state index in [1.807, 2.05) is 24.3 Å². The molecule has 410 valence electrons. The van der Waals surface area contributed by atoms with Crippen LogP contribution >= 0.6 is 0 Å². The molecule has 18 rings (SSSR count). The van der Waals surface area contributed by atoms with Crippen LogP contribution in [-0.4, -0.2) is 87.2 Å². The molecular weight excluding hydrogens is 1080 g/mol. The molecule has 16 bridgehead atoms. The van der Waals surface area contributed by atoms with Crippen LogP contribution in [0.1, 0.15) is 156 Å². The Morgan fingerprint density at radius 1 is 0.382 bits per heavy atom. The molecule has 0 radical (unpaired) electrons. The molecular formula is C63H80O12Te. The summed E-state index contributed by atoms with van der Waals surface area (Å²) in [5, 5.41) is 0. The van der Waals surface area contributed by atoms with Gasteiger partial charge < -0.3 is 0 Å². The van der Waals surface area contributed by atoms with E-state index in [0.29, 0.717) is 82.2 Å². The van der Waals surface area contributed by atoms with Gasteiger partial charge in [0, 0.05) is 0 Å². The average Bonchev–Trinajstić information content (AvgIpc) is 3.49. The topological polar surface area (TPSA) is 142 Å². The van der Waals surface area contributed by atoms with Gasteiger partial charge in [-0.1, -0.05) is 0 Å². The van der Waals surface area contributed by atoms with Gasteiger partial charge in [-0.05, 0) is 12.8 Å². The molecule has 16 aliphatic carbocycles. The van der Waals surface area contributed by atoms with Crippen molar-refractivity contribution in [3.8, 4) is 23.0 Å². The number of benzene rings is 2. The van der Waals surface area contributed by atoms with Gasteiger partial charge in [0.05, 0.1) is 0 Å². The molecule has 2 aromatic rings. The van der Waals surface area contributed by atoms with Crippen molar-refractivity contribution in [1.29, 1.82) is 0 Å². The van der Waals surface area contributed by atoms with E-state index in [2.05, 4.69) is 27.7 Å². The molecule has 2 aromatic carbocycles. The van der Waals surface area contributed by atoms with E-state index < -0.39 is 55.5 Å². The van der Waals surface area contributed by atoms with Gasteiger partial charge >= 0.3 is 449 Å². The molecule has 0 saturated heterocycles. The van der Waals surface area contributed by atoms with Gasteiger partial charge in [-0.15, -0.1) is 0 Å². The number of rotatable bonds is 16. The van der Waals surface area contributed by atoms with Crippen LogP contribution in [0.3, 0.4) is 0 Å². The van der Waals surface area contributed by atoms with Gasteiger partial charge in [0.25, 0.3) is 0 Å². The van der Waals surface area contributed by atoms with Crippen LogP contribution in [0.4, 0.5) is 4.79 Å². The first-order valence-corrected chi connectivity index (χ1v) is 32.3. The second-order valence-corrected chi connectivity index (χ2v) is 31.1. The fourth-order valence-corrected chi connectivity index (χ4v) is 23.0. The average molecular weight is 1160 g/mol. The number of hydrogen-bond donors (Lipinski definition) is 0. The third kappa shape index (κ3) is 9.04. The molecule has 0 N–H and O–H groups in total. The summed E-state index contributed by atoms with van der Waals surface area (Å²) in [7, 11) is 0. The quantitative estimate of drug-likeness (QED) is 0.0683. The maximum atomic E-state index is 14.2. The molecule has 0 spiro atoms. The van der Waals surface area contributed by atoms with E-state index >= 15 is 0 Å². The van der Waals surface area contributed by atoms with Gasteiger partial charge in [0.15, 0.2) is 0 Å². The SMILES string of the molecule is CC1(OC(=O)COc2ccc([Te]c3ccc(OCC(=O)OC4(C)C5CC6CC(C5)CC4C6)cc3OC(=O)OC3(C)C4CC5CC(C4)CC3C5)c(OCC(=O)OC3(C)C4CC5CC(C4)CC3C5)c2)C2CC3CC(C2)CC1C3. The van der Waals surface area contributed by atoms with Gasteiger partial charge in [0.2, 0.25) is 0 Å². The Balaban J connectivity index is 0.708. The Bertz CT molecular complexity index is 2530. The zero-order valence-electron chi connectivity index (χ0n) is 45.3. The zero-order chi connectivity index (χ0) is 51.9. The predicted molar refractivity (Wildman–Crippen MR) is 282 cm³/mol. The zero-order valence-corrected chi connectivity index (χ0v) is 47.6. The molecule has 16 aliphatic rings. The fourth-order valence-electron chi connectivity index (χ4n) is 20.3. The molecule has 12 nitrogen and oxygen atoms in total. The van der Waals surface area contributed by atoms with Crippen molar-refractivity contribution in [2.24, 2.45) is 94.7 Å². The molecule has 0 amide bonds. The first-order valence-electron chi connectivity index (χ1n) is 29.9. The third-order valence-electron chi connectivity index (χ3n) is 23.6. The number of carbonyl (C=O) groups is 4. The van der Waals surface area contributed by atoms with Crippen LogP contribution in [0, 0.1) is 94.7 Å². The van der Waals surface area contributed by atoms with Crippen molar-refractivity contribution in [2.75, 3.05) is 19.8 Å². The van der Waals surface area contributed by atoms with Crippen molar-refractivity contribution in [2.45, 2.75) is 179 Å². The van der Waals surface area contributed by atoms with Crippen LogP contribution < -0.4 is 26.2 Å². The van der Waals surface area contributed by atoms with Crippen molar-refractivity contribution < 1.29 is 57.1 Å². The Kier molecular flexibility index (Phi) is 12.6. The molecule has 0 heterocycles. The summed E-state index contributed by atoms with van der Waals surface area (Å²) in [6.45, 7) is 7.72. The first-order chi connectivity index (χ1) is 36.5. The summed E-state index contributed by atoms with van der Waals surface area (Å²) < 4.78 is 52.4. The summed E-state index contributed by atoms with van der Waals surface area (Å²) >= 11 is -1.44. The van der Waals surface area contributed by atoms with E-state index in [4.69, 9.17) is 37.9 Å². The van der Waals surface area contributed by atoms with Crippen LogP contribution in [0.5, 0.6) is 23.0 Å². The molecule has 16 fully saturated rings. The van der Waals surface area contributed by atoms with Gasteiger partial charge in [0.1, 0.15) is 0 Å². The van der Waals surface area contributed by atoms with Crippen molar-refractivity contribution in [3.05, 3.63) is 36.4 Å². The molecule has 0 atom stereocenters. The molecule has 0 aromatic heterocycles. The summed E-state index contributed by atoms with van der Waals surface area (Å²) in [4.78, 5) is 55.5. The maximum absolute atomic E-state index is 14.2. The standard InChI is InChI=1S/C63H80O12Te/c1-60(42-13-34-9-35(15-42)16-43(60)14-34)72-56(64)31-68-50-5-7-54(52(29-50)70-33-58(66)74-62(3)46-21-38-11-39(23-46)24-47(62)22-38)76-55-8-6-51(69-32-57(65)73-61(2)44-17-36-10-37(19-44)20-45(61)18-36)30-53(55)71-59(67)75-63(4)48-25-40-12-41(27-48)28-49(63)26-40/h5-8,29-30,34-49H,9-28,31-33H2,1-4H3. The van der Waals surface area contributed by atoms with E-state index in [9.17, 15) is 19.2 Å². The van der Waals surface area contributed by atoms with E-state index in [1.54, 1.807) is 12.1 Å². The Hall–Kier alpha value is -3.69. The fraction of sp³-hybridized carbons (Fsp3) is 0.746. The summed E-state index contributed by atoms with van der Waals surface area (Å²) in [5.74, 6) is 9.18. The minimum absolute atomic E-state index is 0.249. The van der Waals surface area contributed by atoms with Crippen LogP contribution in [0.2, 0.25) is 0 Å². The molecule has 0 unspecified atom stereocenters. The van der Waals surface area contributed by atoms with E-state index in [0.717, 1.165) is 145 Å². The predicted octanol–water partition coefficient (Wildman–Crippen LogP) is 10.5. The Morgan fingerprint density at radius 3 is 0.987 bits per heavy atom. The van der Waals surface area contributed by atoms with E-state index in [-0.39, 0.29) is 31.8 Å². The molecule has 76 heavy (non-hydrogen) atoms. The number of esters is 3. The Labute approximate surface area is 459 Å². The van der Waals surface area contributed by atoms with Gasteiger partial charge in [-0.25, -0.2) is 0 Å². The second-order valence-electron chi connectivity index (χ2n) is 28.0. The summed E-state index contributed by atoms with van der Waals surface area (Å²) in [6.07, 6.45) is 22.3. The normalized spacial score (nSPS) is 43.9. The minimum atomic E-state index is -1.44. The summed E-state index contributed by atoms with van der Waals surface area (Å²) in [5.41, 5.74) is -2.06. The third-order valence-corrected chi connectivity index (χ3v) is 26.8. The second kappa shape index (κ2) is 19.0. The number of ether oxygens (including phenoxy) is 8. The van der Waals surface area contributed by atoms with Gasteiger partial charge in [-0.2, -0.15) is 0 Å². The van der Waals surface area contributed by atoms with Crippen molar-refractivity contribution in [1.82, 2.24) is 0 Å². The molecule has 0 aliphatic heterocycles. The number of hydrogen-bond acceptors (Lipinski definition) is 12. The van der Waals surface area contributed by atoms with Crippen molar-refractivity contribution >= 4 is 52.2 Å². The van der Waals surface area contributed by atoms with Crippen molar-refractivity contribution in [3.63, 3.8) is 0 Å². The number of carbonyl (C=O) groups excluding carboxylic acids is 4. The first kappa shape index (κ1) is 50.5. The molecule has 16 saturated carbocycles. The van der Waals surface area contributed by atoms with Crippen LogP contribution in [-0.2, 0) is 33.3 Å². The Morgan fingerprint density at radius 2 is 0.658 bits per heavy atom.